The summed E-state index contributed by atoms with van der Waals surface area (Å²) < 4.78 is 22.3. The monoisotopic (exact) mass is 594 g/mol. The standard InChI is InChI=1S/C32H27FN6O3S/c33-25-10-20(13-34)4-5-22(25)18-42-30-3-1-2-28(37-30)32-8-9-38(15-23(32)12-32)17-29-36-26-7-6-21(31(40)41)11-27(26)39(29)16-24-14-35-19-43-24/h1-7,10-11,14,19,23H,8-9,12,15-18H2,(H,40,41). The number of piperidine rings is 1. The van der Waals surface area contributed by atoms with Gasteiger partial charge < -0.3 is 14.4 Å². The third-order valence-corrected chi connectivity index (χ3v) is 9.38. The summed E-state index contributed by atoms with van der Waals surface area (Å²) in [5.74, 6) is 0.396. The fourth-order valence-corrected chi connectivity index (χ4v) is 6.79. The quantitative estimate of drug-likeness (QED) is 0.242. The van der Waals surface area contributed by atoms with Crippen LogP contribution in [0.5, 0.6) is 5.88 Å². The van der Waals surface area contributed by atoms with Crippen molar-refractivity contribution in [2.24, 2.45) is 5.92 Å². The van der Waals surface area contributed by atoms with Crippen LogP contribution in [0.2, 0.25) is 0 Å². The predicted molar refractivity (Wildman–Crippen MR) is 157 cm³/mol. The van der Waals surface area contributed by atoms with Gasteiger partial charge in [-0.1, -0.05) is 12.1 Å². The van der Waals surface area contributed by atoms with Gasteiger partial charge in [0.2, 0.25) is 5.88 Å². The Morgan fingerprint density at radius 3 is 2.86 bits per heavy atom. The number of ether oxygens (including phenoxy) is 1. The number of carboxylic acid groups (broad SMARTS) is 1. The van der Waals surface area contributed by atoms with Gasteiger partial charge in [-0.25, -0.2) is 19.2 Å². The average Bonchev–Trinajstić information content (AvgIpc) is 3.33. The molecule has 3 aromatic heterocycles. The minimum Gasteiger partial charge on any atom is -0.478 e. The van der Waals surface area contributed by atoms with Gasteiger partial charge in [-0.3, -0.25) is 9.88 Å². The fraction of sp³-hybridized carbons (Fsp3) is 0.281. The lowest BCUT2D eigenvalue weighted by atomic mass is 9.91. The van der Waals surface area contributed by atoms with Crippen LogP contribution in [0.3, 0.4) is 0 Å². The van der Waals surface area contributed by atoms with Crippen molar-refractivity contribution in [3.8, 4) is 11.9 Å². The lowest BCUT2D eigenvalue weighted by Gasteiger charge is -2.31. The number of hydrogen-bond acceptors (Lipinski definition) is 8. The maximum Gasteiger partial charge on any atom is 0.335 e. The molecule has 0 spiro atoms. The van der Waals surface area contributed by atoms with Crippen molar-refractivity contribution in [3.05, 3.63) is 105 Å². The number of thiazole rings is 1. The van der Waals surface area contributed by atoms with Crippen LogP contribution >= 0.6 is 11.3 Å². The van der Waals surface area contributed by atoms with Crippen molar-refractivity contribution in [2.75, 3.05) is 13.1 Å². The molecular weight excluding hydrogens is 567 g/mol. The second-order valence-electron chi connectivity index (χ2n) is 11.2. The van der Waals surface area contributed by atoms with E-state index in [0.717, 1.165) is 53.4 Å². The minimum atomic E-state index is -0.959. The van der Waals surface area contributed by atoms with Crippen LogP contribution in [0.1, 0.15) is 50.7 Å². The summed E-state index contributed by atoms with van der Waals surface area (Å²) in [4.78, 5) is 29.1. The van der Waals surface area contributed by atoms with E-state index in [1.54, 1.807) is 53.2 Å². The van der Waals surface area contributed by atoms with E-state index < -0.39 is 11.8 Å². The number of nitriles is 1. The van der Waals surface area contributed by atoms with Gasteiger partial charge in [0.25, 0.3) is 0 Å². The fourth-order valence-electron chi connectivity index (χ4n) is 6.21. The number of fused-ring (bicyclic) bond motifs is 2. The predicted octanol–water partition coefficient (Wildman–Crippen LogP) is 5.39. The van der Waals surface area contributed by atoms with Crippen LogP contribution in [0.4, 0.5) is 4.39 Å². The first kappa shape index (κ1) is 27.2. The Bertz CT molecular complexity index is 1880. The molecule has 9 nitrogen and oxygen atoms in total. The van der Waals surface area contributed by atoms with E-state index in [4.69, 9.17) is 20.0 Å². The highest BCUT2D eigenvalue weighted by molar-refractivity contribution is 7.09. The summed E-state index contributed by atoms with van der Waals surface area (Å²) in [6.45, 7) is 3.07. The molecule has 1 aliphatic carbocycles. The number of aromatic nitrogens is 4. The van der Waals surface area contributed by atoms with Crippen molar-refractivity contribution in [1.82, 2.24) is 24.4 Å². The number of pyridine rings is 1. The van der Waals surface area contributed by atoms with Crippen LogP contribution in [-0.4, -0.2) is 48.6 Å². The summed E-state index contributed by atoms with van der Waals surface area (Å²) in [7, 11) is 0. The van der Waals surface area contributed by atoms with Crippen LogP contribution < -0.4 is 4.74 Å². The molecule has 2 aromatic carbocycles. The first-order valence-electron chi connectivity index (χ1n) is 14.0. The largest absolute Gasteiger partial charge is 0.478 e. The molecule has 1 saturated heterocycles. The van der Waals surface area contributed by atoms with Gasteiger partial charge >= 0.3 is 5.97 Å². The van der Waals surface area contributed by atoms with Crippen molar-refractivity contribution < 1.29 is 19.0 Å². The molecule has 0 bridgehead atoms. The molecule has 1 saturated carbocycles. The van der Waals surface area contributed by atoms with Crippen LogP contribution in [0.25, 0.3) is 11.0 Å². The Labute approximate surface area is 250 Å². The number of hydrogen-bond donors (Lipinski definition) is 1. The van der Waals surface area contributed by atoms with E-state index in [1.165, 1.54) is 6.07 Å². The molecule has 2 atom stereocenters. The Balaban J connectivity index is 1.05. The third kappa shape index (κ3) is 5.24. The molecule has 1 aliphatic heterocycles. The first-order valence-corrected chi connectivity index (χ1v) is 14.9. The molecule has 11 heteroatoms. The number of likely N-dealkylation sites (tertiary alicyclic amines) is 1. The minimum absolute atomic E-state index is 0.00866. The zero-order chi connectivity index (χ0) is 29.6. The van der Waals surface area contributed by atoms with Gasteiger partial charge in [0, 0.05) is 34.7 Å². The molecular formula is C32H27FN6O3S. The molecule has 2 aliphatic rings. The second kappa shape index (κ2) is 10.9. The number of rotatable bonds is 9. The SMILES string of the molecule is N#Cc1ccc(COc2cccc(C34CCN(Cc5nc6ccc(C(=O)O)cc6n5Cc5cncs5)CC3C4)n2)c(F)c1. The molecule has 2 unspecified atom stereocenters. The smallest absolute Gasteiger partial charge is 0.335 e. The Kier molecular flexibility index (Phi) is 6.88. The third-order valence-electron chi connectivity index (χ3n) is 8.61. The summed E-state index contributed by atoms with van der Waals surface area (Å²) in [6, 6.07) is 17.2. The zero-order valence-electron chi connectivity index (χ0n) is 23.1. The number of aromatic carboxylic acids is 1. The van der Waals surface area contributed by atoms with Crippen LogP contribution in [0.15, 0.2) is 66.3 Å². The van der Waals surface area contributed by atoms with Crippen molar-refractivity contribution in [3.63, 3.8) is 0 Å². The summed E-state index contributed by atoms with van der Waals surface area (Å²) in [6.07, 6.45) is 3.84. The van der Waals surface area contributed by atoms with E-state index in [1.807, 2.05) is 18.3 Å². The highest BCUT2D eigenvalue weighted by atomic mass is 32.1. The maximum atomic E-state index is 14.3. The lowest BCUT2D eigenvalue weighted by Crippen LogP contribution is -2.37. The molecule has 2 fully saturated rings. The van der Waals surface area contributed by atoms with Crippen LogP contribution in [-0.2, 0) is 25.1 Å². The molecule has 43 heavy (non-hydrogen) atoms. The van der Waals surface area contributed by atoms with Crippen molar-refractivity contribution >= 4 is 28.3 Å². The topological polar surface area (TPSA) is 117 Å². The first-order chi connectivity index (χ1) is 20.9. The maximum absolute atomic E-state index is 14.3. The van der Waals surface area contributed by atoms with Crippen molar-refractivity contribution in [1.29, 1.82) is 5.26 Å². The van der Waals surface area contributed by atoms with Gasteiger partial charge in [0.05, 0.1) is 52.5 Å². The molecule has 0 radical (unpaired) electrons. The van der Waals surface area contributed by atoms with Gasteiger partial charge in [0.15, 0.2) is 0 Å². The van der Waals surface area contributed by atoms with E-state index in [9.17, 15) is 14.3 Å². The molecule has 0 amide bonds. The zero-order valence-corrected chi connectivity index (χ0v) is 23.9. The Morgan fingerprint density at radius 1 is 1.19 bits per heavy atom. The van der Waals surface area contributed by atoms with Gasteiger partial charge in [0.1, 0.15) is 18.2 Å². The Hall–Kier alpha value is -4.66. The molecule has 5 aromatic rings. The van der Waals surface area contributed by atoms with E-state index >= 15 is 0 Å². The second-order valence-corrected chi connectivity index (χ2v) is 12.2. The number of carbonyl (C=O) groups is 1. The average molecular weight is 595 g/mol. The van der Waals surface area contributed by atoms with Crippen molar-refractivity contribution in [2.45, 2.75) is 38.0 Å². The number of carboxylic acids is 1. The number of nitrogens with zero attached hydrogens (tertiary/aromatic N) is 6. The summed E-state index contributed by atoms with van der Waals surface area (Å²) in [5, 5.41) is 18.5. The molecule has 1 N–H and O–H groups in total. The van der Waals surface area contributed by atoms with E-state index in [0.29, 0.717) is 30.5 Å². The van der Waals surface area contributed by atoms with Gasteiger partial charge in [-0.2, -0.15) is 5.26 Å². The highest BCUT2D eigenvalue weighted by Crippen LogP contribution is 2.59. The summed E-state index contributed by atoms with van der Waals surface area (Å²) in [5.41, 5.74) is 5.30. The number of halogens is 1. The normalized spacial score (nSPS) is 19.6. The van der Waals surface area contributed by atoms with Gasteiger partial charge in [-0.15, -0.1) is 11.3 Å². The highest BCUT2D eigenvalue weighted by Gasteiger charge is 2.58. The number of imidazole rings is 1. The molecule has 7 rings (SSSR count). The molecule has 216 valence electrons. The van der Waals surface area contributed by atoms with E-state index in [2.05, 4.69) is 20.5 Å². The van der Waals surface area contributed by atoms with Crippen LogP contribution in [0, 0.1) is 23.1 Å². The summed E-state index contributed by atoms with van der Waals surface area (Å²) >= 11 is 1.57. The van der Waals surface area contributed by atoms with Gasteiger partial charge in [-0.05, 0) is 61.7 Å². The molecule has 4 heterocycles. The number of benzene rings is 2. The lowest BCUT2D eigenvalue weighted by molar-refractivity contribution is 0.0697. The van der Waals surface area contributed by atoms with E-state index in [-0.39, 0.29) is 23.1 Å². The Morgan fingerprint density at radius 2 is 2.09 bits per heavy atom.